The van der Waals surface area contributed by atoms with E-state index >= 15 is 0 Å². The third kappa shape index (κ3) is 5.09. The van der Waals surface area contributed by atoms with Gasteiger partial charge in [-0.15, -0.1) is 0 Å². The number of phosphoric acid groups is 1. The highest BCUT2D eigenvalue weighted by Crippen LogP contribution is 2.70. The summed E-state index contributed by atoms with van der Waals surface area (Å²) in [5.41, 5.74) is 0. The highest BCUT2D eigenvalue weighted by molar-refractivity contribution is 7.49. The second-order valence-corrected chi connectivity index (χ2v) is 6.95. The van der Waals surface area contributed by atoms with E-state index in [2.05, 4.69) is 33.6 Å². The lowest BCUT2D eigenvalue weighted by molar-refractivity contribution is -0.130. The van der Waals surface area contributed by atoms with Gasteiger partial charge in [0, 0.05) is 10.3 Å². The molecule has 21 heavy (non-hydrogen) atoms. The van der Waals surface area contributed by atoms with Crippen molar-refractivity contribution < 1.29 is 37.4 Å². The summed E-state index contributed by atoms with van der Waals surface area (Å²) < 4.78 is 21.0. The van der Waals surface area contributed by atoms with E-state index in [1.165, 1.54) is 0 Å². The van der Waals surface area contributed by atoms with E-state index in [1.807, 2.05) is 0 Å². The third-order valence-electron chi connectivity index (χ3n) is 1.56. The van der Waals surface area contributed by atoms with Crippen LogP contribution in [0.5, 0.6) is 0 Å². The van der Waals surface area contributed by atoms with E-state index in [1.54, 1.807) is 0 Å². The van der Waals surface area contributed by atoms with E-state index in [0.717, 1.165) is 12.2 Å². The standard InChI is InChI=1S/C6H3Cl4N2O8P/c7-5(8)6(9,10)20-21(15,19-5)18-4(17-12-3-14)1-16-11-2-13/h4H,1H2. The number of phosphoric ester groups is 1. The summed E-state index contributed by atoms with van der Waals surface area (Å²) in [4.78, 5) is 28.4. The molecule has 1 heterocycles. The fraction of sp³-hybridized carbons (Fsp3) is 0.667. The number of nitrogens with zero attached hydrogens (tertiary/aromatic N) is 2. The molecule has 0 amide bonds. The summed E-state index contributed by atoms with van der Waals surface area (Å²) in [6.07, 6.45) is 0.325. The second kappa shape index (κ2) is 7.26. The van der Waals surface area contributed by atoms with Crippen LogP contribution in [0, 0.1) is 0 Å². The number of carbonyl (C=O) groups excluding carboxylic acids is 2. The van der Waals surface area contributed by atoms with Crippen molar-refractivity contribution in [2.75, 3.05) is 6.61 Å². The van der Waals surface area contributed by atoms with Crippen LogP contribution in [0.15, 0.2) is 10.3 Å². The molecule has 1 fully saturated rings. The molecule has 0 aromatic carbocycles. The molecule has 1 aliphatic heterocycles. The molecule has 1 unspecified atom stereocenters. The molecule has 1 saturated heterocycles. The Bertz CT molecular complexity index is 511. The Hall–Kier alpha value is -0.370. The van der Waals surface area contributed by atoms with Gasteiger partial charge in [0.15, 0.2) is 6.61 Å². The lowest BCUT2D eigenvalue weighted by Gasteiger charge is -2.18. The van der Waals surface area contributed by atoms with Gasteiger partial charge in [-0.1, -0.05) is 46.4 Å². The van der Waals surface area contributed by atoms with E-state index in [4.69, 9.17) is 46.4 Å². The smallest absolute Gasteiger partial charge is 0.379 e. The van der Waals surface area contributed by atoms with Gasteiger partial charge in [-0.2, -0.15) is 0 Å². The third-order valence-corrected chi connectivity index (χ3v) is 5.24. The van der Waals surface area contributed by atoms with E-state index in [-0.39, 0.29) is 0 Å². The van der Waals surface area contributed by atoms with Crippen molar-refractivity contribution in [2.24, 2.45) is 10.3 Å². The molecule has 0 spiro atoms. The molecule has 0 aromatic rings. The zero-order chi connectivity index (χ0) is 16.1. The van der Waals surface area contributed by atoms with Gasteiger partial charge in [-0.05, 0) is 0 Å². The van der Waals surface area contributed by atoms with Crippen molar-refractivity contribution in [3.63, 3.8) is 0 Å². The molecule has 0 bridgehead atoms. The first-order valence-corrected chi connectivity index (χ1v) is 7.51. The van der Waals surface area contributed by atoms with Crippen LogP contribution in [-0.4, -0.2) is 34.1 Å². The average Bonchev–Trinajstić information content (AvgIpc) is 2.50. The predicted octanol–water partition coefficient (Wildman–Crippen LogP) is 2.28. The van der Waals surface area contributed by atoms with Gasteiger partial charge in [-0.25, -0.2) is 27.7 Å². The van der Waals surface area contributed by atoms with Crippen LogP contribution in [0.2, 0.25) is 0 Å². The molecular weight excluding hydrogens is 401 g/mol. The Morgan fingerprint density at radius 1 is 1.10 bits per heavy atom. The first-order valence-electron chi connectivity index (χ1n) is 4.53. The minimum absolute atomic E-state index is 0.674. The first kappa shape index (κ1) is 18.7. The highest BCUT2D eigenvalue weighted by atomic mass is 35.5. The maximum Gasteiger partial charge on any atom is 0.483 e. The fourth-order valence-corrected chi connectivity index (χ4v) is 3.59. The fourth-order valence-electron chi connectivity index (χ4n) is 0.878. The zero-order valence-electron chi connectivity index (χ0n) is 9.40. The number of hydrogen-bond donors (Lipinski definition) is 0. The van der Waals surface area contributed by atoms with Gasteiger partial charge < -0.3 is 9.68 Å². The number of isocyanates is 2. The van der Waals surface area contributed by atoms with Crippen LogP contribution in [-0.2, 0) is 37.4 Å². The zero-order valence-corrected chi connectivity index (χ0v) is 13.3. The van der Waals surface area contributed by atoms with Gasteiger partial charge in [0.1, 0.15) is 0 Å². The topological polar surface area (TPSA) is 122 Å². The molecule has 0 aromatic heterocycles. The minimum atomic E-state index is -4.52. The number of alkyl halides is 4. The molecule has 118 valence electrons. The molecule has 1 rings (SSSR count). The van der Waals surface area contributed by atoms with Crippen molar-refractivity contribution in [3.05, 3.63) is 0 Å². The normalized spacial score (nSPS) is 22.5. The molecule has 0 radical (unpaired) electrons. The lowest BCUT2D eigenvalue weighted by atomic mass is 10.7. The summed E-state index contributed by atoms with van der Waals surface area (Å²) in [6, 6.07) is 0. The summed E-state index contributed by atoms with van der Waals surface area (Å²) in [5, 5.41) is 5.37. The highest BCUT2D eigenvalue weighted by Gasteiger charge is 2.66. The summed E-state index contributed by atoms with van der Waals surface area (Å²) >= 11 is 22.1. The van der Waals surface area contributed by atoms with Crippen LogP contribution >= 0.6 is 54.2 Å². The van der Waals surface area contributed by atoms with Gasteiger partial charge in [-0.3, -0.25) is 0 Å². The van der Waals surface area contributed by atoms with Gasteiger partial charge in [0.2, 0.25) is 0 Å². The molecule has 0 N–H and O–H groups in total. The quantitative estimate of drug-likeness (QED) is 0.158. The van der Waals surface area contributed by atoms with Crippen molar-refractivity contribution in [1.82, 2.24) is 0 Å². The Morgan fingerprint density at radius 3 is 2.10 bits per heavy atom. The Labute approximate surface area is 136 Å². The van der Waals surface area contributed by atoms with Gasteiger partial charge in [0.05, 0.1) is 0 Å². The van der Waals surface area contributed by atoms with Crippen LogP contribution in [0.4, 0.5) is 0 Å². The maximum absolute atomic E-state index is 12.1. The van der Waals surface area contributed by atoms with E-state index in [9.17, 15) is 14.2 Å². The largest absolute Gasteiger partial charge is 0.483 e. The summed E-state index contributed by atoms with van der Waals surface area (Å²) in [7, 11) is -4.52. The van der Waals surface area contributed by atoms with Crippen LogP contribution in [0.25, 0.3) is 0 Å². The van der Waals surface area contributed by atoms with Gasteiger partial charge in [0.25, 0.3) is 27.5 Å². The van der Waals surface area contributed by atoms with E-state index in [0.29, 0.717) is 0 Å². The molecule has 0 saturated carbocycles. The Balaban J connectivity index is 2.80. The molecule has 1 aliphatic rings. The molecule has 15 heteroatoms. The van der Waals surface area contributed by atoms with Crippen molar-refractivity contribution in [3.8, 4) is 0 Å². The van der Waals surface area contributed by atoms with Crippen LogP contribution in [0.1, 0.15) is 0 Å². The Kier molecular flexibility index (Phi) is 6.46. The monoisotopic (exact) mass is 402 g/mol. The maximum atomic E-state index is 12.1. The van der Waals surface area contributed by atoms with Crippen molar-refractivity contribution in [1.29, 1.82) is 0 Å². The Morgan fingerprint density at radius 2 is 1.62 bits per heavy atom. The second-order valence-electron chi connectivity index (χ2n) is 2.96. The molecule has 1 atom stereocenters. The lowest BCUT2D eigenvalue weighted by Crippen LogP contribution is -2.31. The van der Waals surface area contributed by atoms with Crippen LogP contribution < -0.4 is 0 Å². The number of halogens is 4. The molecule has 10 nitrogen and oxygen atoms in total. The average molecular weight is 404 g/mol. The number of hydrogen-bond acceptors (Lipinski definition) is 10. The summed E-state index contributed by atoms with van der Waals surface area (Å²) in [5.74, 6) is 0. The SMILES string of the molecule is O=C=NOCC(ON=C=O)OP1(=O)OC(Cl)(Cl)C(Cl)(Cl)O1. The first-order chi connectivity index (χ1) is 9.66. The number of rotatable bonds is 7. The van der Waals surface area contributed by atoms with E-state index < -0.39 is 29.8 Å². The minimum Gasteiger partial charge on any atom is -0.379 e. The van der Waals surface area contributed by atoms with Crippen LogP contribution in [0.3, 0.4) is 0 Å². The van der Waals surface area contributed by atoms with Gasteiger partial charge >= 0.3 is 7.82 Å². The molecule has 0 aliphatic carbocycles. The molecular formula is C6H3Cl4N2O8P. The summed E-state index contributed by atoms with van der Waals surface area (Å²) in [6.45, 7) is -0.674. The van der Waals surface area contributed by atoms with Crippen molar-refractivity contribution in [2.45, 2.75) is 15.3 Å². The predicted molar refractivity (Wildman–Crippen MR) is 66.8 cm³/mol. The van der Waals surface area contributed by atoms with Crippen molar-refractivity contribution >= 4 is 66.4 Å².